The van der Waals surface area contributed by atoms with Crippen LogP contribution in [-0.2, 0) is 0 Å². The molecular formula is C30H30FN5O2. The third-order valence-corrected chi connectivity index (χ3v) is 7.21. The van der Waals surface area contributed by atoms with Gasteiger partial charge in [-0.15, -0.1) is 0 Å². The van der Waals surface area contributed by atoms with E-state index in [1.54, 1.807) is 18.3 Å². The first kappa shape index (κ1) is 24.2. The number of hydrogen-bond donors (Lipinski definition) is 1. The van der Waals surface area contributed by atoms with Crippen molar-refractivity contribution in [2.75, 3.05) is 41.3 Å². The number of nitrogens with one attached hydrogen (secondary N) is 1. The normalized spacial score (nSPS) is 17.6. The third kappa shape index (κ3) is 4.98. The fourth-order valence-electron chi connectivity index (χ4n) is 5.32. The molecule has 2 fully saturated rings. The lowest BCUT2D eigenvalue weighted by atomic mass is 10.0. The van der Waals surface area contributed by atoms with Crippen LogP contribution in [0.2, 0.25) is 0 Å². The number of piperidine rings is 1. The van der Waals surface area contributed by atoms with Crippen molar-refractivity contribution >= 4 is 34.0 Å². The van der Waals surface area contributed by atoms with Gasteiger partial charge in [0.1, 0.15) is 11.9 Å². The lowest BCUT2D eigenvalue weighted by Gasteiger charge is -2.32. The number of aromatic nitrogens is 2. The molecule has 0 bridgehead atoms. The van der Waals surface area contributed by atoms with Crippen molar-refractivity contribution in [2.24, 2.45) is 0 Å². The van der Waals surface area contributed by atoms with E-state index in [1.165, 1.54) is 0 Å². The van der Waals surface area contributed by atoms with E-state index in [2.05, 4.69) is 20.2 Å². The van der Waals surface area contributed by atoms with Crippen LogP contribution in [0.4, 0.5) is 21.7 Å². The minimum atomic E-state index is -0.877. The zero-order chi connectivity index (χ0) is 25.9. The Balaban J connectivity index is 1.27. The molecule has 0 radical (unpaired) electrons. The Morgan fingerprint density at radius 3 is 2.50 bits per heavy atom. The molecule has 38 heavy (non-hydrogen) atoms. The molecule has 2 aliphatic heterocycles. The molecule has 194 valence electrons. The summed E-state index contributed by atoms with van der Waals surface area (Å²) in [6.45, 7) is 2.95. The molecule has 4 aromatic rings. The summed E-state index contributed by atoms with van der Waals surface area (Å²) >= 11 is 0. The number of rotatable bonds is 6. The van der Waals surface area contributed by atoms with Gasteiger partial charge in [-0.1, -0.05) is 36.4 Å². The van der Waals surface area contributed by atoms with Gasteiger partial charge in [-0.3, -0.25) is 4.79 Å². The molecule has 0 saturated carbocycles. The number of hydrogen-bond acceptors (Lipinski definition) is 6. The molecule has 8 heteroatoms. The number of benzene rings is 3. The summed E-state index contributed by atoms with van der Waals surface area (Å²) in [7, 11) is 0. The number of para-hydroxylation sites is 1. The van der Waals surface area contributed by atoms with Crippen molar-refractivity contribution in [2.45, 2.75) is 31.9 Å². The number of amides is 1. The number of halogens is 1. The van der Waals surface area contributed by atoms with Crippen LogP contribution in [0.1, 0.15) is 36.0 Å². The van der Waals surface area contributed by atoms with Crippen molar-refractivity contribution in [1.82, 2.24) is 9.97 Å². The standard InChI is InChI=1S/C30H30FN5O2/c31-21-8-7-19-36(20-21)26-12-4-3-11-24(26)29(37)33-25-13-14-27(23-10-2-1-9-22(23)25)38-28-15-16-32-30(34-28)35-17-5-6-18-35/h1-4,9-16,21H,5-8,17-20H2,(H,33,37). The van der Waals surface area contributed by atoms with E-state index < -0.39 is 6.17 Å². The van der Waals surface area contributed by atoms with Crippen LogP contribution in [0, 0.1) is 0 Å². The first-order valence-corrected chi connectivity index (χ1v) is 13.2. The molecule has 3 heterocycles. The van der Waals surface area contributed by atoms with Gasteiger partial charge in [-0.2, -0.15) is 4.98 Å². The SMILES string of the molecule is O=C(Nc1ccc(Oc2ccnc(N3CCCC3)n2)c2ccccc12)c1ccccc1N1CCCC(F)C1. The second-order valence-electron chi connectivity index (χ2n) is 9.80. The van der Waals surface area contributed by atoms with Crippen molar-refractivity contribution < 1.29 is 13.9 Å². The highest BCUT2D eigenvalue weighted by atomic mass is 19.1. The average molecular weight is 512 g/mol. The number of nitrogens with zero attached hydrogens (tertiary/aromatic N) is 4. The lowest BCUT2D eigenvalue weighted by Crippen LogP contribution is -2.37. The van der Waals surface area contributed by atoms with Crippen LogP contribution in [0.15, 0.2) is 72.9 Å². The molecule has 1 unspecified atom stereocenters. The van der Waals surface area contributed by atoms with Gasteiger partial charge in [0.05, 0.1) is 5.56 Å². The number of ether oxygens (including phenoxy) is 1. The molecule has 1 aromatic heterocycles. The van der Waals surface area contributed by atoms with Gasteiger partial charge in [0.15, 0.2) is 0 Å². The molecule has 0 spiro atoms. The smallest absolute Gasteiger partial charge is 0.257 e. The fraction of sp³-hybridized carbons (Fsp3) is 0.300. The van der Waals surface area contributed by atoms with E-state index in [1.807, 2.05) is 59.5 Å². The van der Waals surface area contributed by atoms with Gasteiger partial charge >= 0.3 is 0 Å². The topological polar surface area (TPSA) is 70.6 Å². The minimum Gasteiger partial charge on any atom is -0.438 e. The molecule has 1 amide bonds. The minimum absolute atomic E-state index is 0.230. The second kappa shape index (κ2) is 10.7. The number of carbonyl (C=O) groups excluding carboxylic acids is 1. The van der Waals surface area contributed by atoms with Gasteiger partial charge < -0.3 is 19.9 Å². The van der Waals surface area contributed by atoms with Gasteiger partial charge in [-0.25, -0.2) is 9.37 Å². The summed E-state index contributed by atoms with van der Waals surface area (Å²) in [6, 6.07) is 20.6. The Bertz CT molecular complexity index is 1460. The molecule has 1 N–H and O–H groups in total. The lowest BCUT2D eigenvalue weighted by molar-refractivity contribution is 0.102. The van der Waals surface area contributed by atoms with E-state index in [0.717, 1.165) is 55.4 Å². The number of fused-ring (bicyclic) bond motifs is 1. The van der Waals surface area contributed by atoms with Crippen molar-refractivity contribution in [3.63, 3.8) is 0 Å². The van der Waals surface area contributed by atoms with Crippen LogP contribution in [0.5, 0.6) is 11.6 Å². The summed E-state index contributed by atoms with van der Waals surface area (Å²) < 4.78 is 20.3. The zero-order valence-electron chi connectivity index (χ0n) is 21.1. The van der Waals surface area contributed by atoms with Gasteiger partial charge in [-0.05, 0) is 49.9 Å². The third-order valence-electron chi connectivity index (χ3n) is 7.21. The van der Waals surface area contributed by atoms with E-state index in [0.29, 0.717) is 41.8 Å². The highest BCUT2D eigenvalue weighted by Gasteiger charge is 2.23. The van der Waals surface area contributed by atoms with E-state index in [-0.39, 0.29) is 5.91 Å². The van der Waals surface area contributed by atoms with Crippen LogP contribution >= 0.6 is 0 Å². The van der Waals surface area contributed by atoms with Crippen molar-refractivity contribution in [1.29, 1.82) is 0 Å². The Labute approximate surface area is 221 Å². The van der Waals surface area contributed by atoms with Gasteiger partial charge in [0.2, 0.25) is 11.8 Å². The Morgan fingerprint density at radius 1 is 0.895 bits per heavy atom. The Hall–Kier alpha value is -4.20. The summed E-state index contributed by atoms with van der Waals surface area (Å²) in [5.41, 5.74) is 1.96. The maximum absolute atomic E-state index is 14.1. The van der Waals surface area contributed by atoms with E-state index >= 15 is 0 Å². The molecule has 1 atom stereocenters. The number of anilines is 3. The molecule has 6 rings (SSSR count). The predicted molar refractivity (Wildman–Crippen MR) is 148 cm³/mol. The Morgan fingerprint density at radius 2 is 1.66 bits per heavy atom. The first-order valence-electron chi connectivity index (χ1n) is 13.2. The summed E-state index contributed by atoms with van der Waals surface area (Å²) in [6.07, 6.45) is 4.47. The molecular weight excluding hydrogens is 481 g/mol. The number of carbonyl (C=O) groups is 1. The van der Waals surface area contributed by atoms with Crippen LogP contribution in [-0.4, -0.2) is 48.2 Å². The second-order valence-corrected chi connectivity index (χ2v) is 9.80. The fourth-order valence-corrected chi connectivity index (χ4v) is 5.32. The van der Waals surface area contributed by atoms with Gasteiger partial charge in [0, 0.05) is 60.6 Å². The summed E-state index contributed by atoms with van der Waals surface area (Å²) in [5.74, 6) is 1.57. The van der Waals surface area contributed by atoms with E-state index in [9.17, 15) is 9.18 Å². The highest BCUT2D eigenvalue weighted by Crippen LogP contribution is 2.35. The molecule has 7 nitrogen and oxygen atoms in total. The molecule has 2 aliphatic rings. The average Bonchev–Trinajstić information content (AvgIpc) is 3.50. The quantitative estimate of drug-likeness (QED) is 0.332. The van der Waals surface area contributed by atoms with Crippen LogP contribution < -0.4 is 19.9 Å². The van der Waals surface area contributed by atoms with Crippen LogP contribution in [0.25, 0.3) is 10.8 Å². The largest absolute Gasteiger partial charge is 0.438 e. The van der Waals surface area contributed by atoms with Crippen molar-refractivity contribution in [3.8, 4) is 11.6 Å². The maximum atomic E-state index is 14.1. The zero-order valence-corrected chi connectivity index (χ0v) is 21.1. The highest BCUT2D eigenvalue weighted by molar-refractivity contribution is 6.12. The maximum Gasteiger partial charge on any atom is 0.257 e. The van der Waals surface area contributed by atoms with Crippen molar-refractivity contribution in [3.05, 3.63) is 78.5 Å². The van der Waals surface area contributed by atoms with Gasteiger partial charge in [0.25, 0.3) is 5.91 Å². The Kier molecular flexibility index (Phi) is 6.77. The predicted octanol–water partition coefficient (Wildman–Crippen LogP) is 6.21. The summed E-state index contributed by atoms with van der Waals surface area (Å²) in [5, 5.41) is 4.79. The molecule has 0 aliphatic carbocycles. The first-order chi connectivity index (χ1) is 18.7. The monoisotopic (exact) mass is 511 g/mol. The molecule has 2 saturated heterocycles. The van der Waals surface area contributed by atoms with E-state index in [4.69, 9.17) is 4.74 Å². The number of alkyl halides is 1. The molecule has 3 aromatic carbocycles. The van der Waals surface area contributed by atoms with Crippen LogP contribution in [0.3, 0.4) is 0 Å². The summed E-state index contributed by atoms with van der Waals surface area (Å²) in [4.78, 5) is 26.6.